The number of hydrogen-bond acceptors (Lipinski definition) is 2. The van der Waals surface area contributed by atoms with Gasteiger partial charge >= 0.3 is 0 Å². The lowest BCUT2D eigenvalue weighted by molar-refractivity contribution is 0.695. The van der Waals surface area contributed by atoms with E-state index in [1.165, 1.54) is 16.7 Å². The highest BCUT2D eigenvalue weighted by Gasteiger charge is 2.10. The summed E-state index contributed by atoms with van der Waals surface area (Å²) in [4.78, 5) is 0.687. The van der Waals surface area contributed by atoms with Crippen LogP contribution >= 0.6 is 0 Å². The van der Waals surface area contributed by atoms with Crippen LogP contribution in [-0.4, -0.2) is 9.07 Å². The molecule has 1 aliphatic rings. The Morgan fingerprint density at radius 3 is 2.86 bits per heavy atom. The molecule has 0 unspecified atom stereocenters. The molecule has 0 radical (unpaired) electrons. The van der Waals surface area contributed by atoms with Crippen molar-refractivity contribution in [3.63, 3.8) is 0 Å². The molecule has 0 fully saturated rings. The monoisotopic (exact) mass is 205 g/mol. The van der Waals surface area contributed by atoms with Crippen molar-refractivity contribution < 1.29 is 4.21 Å². The molecule has 3 heteroatoms. The van der Waals surface area contributed by atoms with Crippen LogP contribution in [0, 0.1) is 11.7 Å². The largest absolute Gasteiger partial charge is 0.222 e. The Labute approximate surface area is 84.9 Å². The standard InChI is InChI=1S/C11H11NOS/c1-8-3-2-4-9-5-6-10(14(12)13)7-11(8)9/h2-6,12H,7H2,1H3. The van der Waals surface area contributed by atoms with Gasteiger partial charge in [-0.2, -0.15) is 0 Å². The lowest BCUT2D eigenvalue weighted by atomic mass is 9.93. The molecule has 0 aromatic heterocycles. The molecule has 1 N–H and O–H groups in total. The maximum atomic E-state index is 11.0. The summed E-state index contributed by atoms with van der Waals surface area (Å²) in [6, 6.07) is 6.10. The van der Waals surface area contributed by atoms with Gasteiger partial charge in [-0.3, -0.25) is 0 Å². The van der Waals surface area contributed by atoms with Crippen molar-refractivity contribution >= 4 is 21.1 Å². The molecule has 1 aromatic rings. The molecule has 0 amide bonds. The summed E-state index contributed by atoms with van der Waals surface area (Å²) in [5.74, 6) is 0. The second-order valence-electron chi connectivity index (χ2n) is 3.39. The Bertz CT molecular complexity index is 530. The zero-order valence-corrected chi connectivity index (χ0v) is 8.73. The summed E-state index contributed by atoms with van der Waals surface area (Å²) in [5.41, 5.74) is 3.58. The van der Waals surface area contributed by atoms with Crippen molar-refractivity contribution in [2.45, 2.75) is 13.3 Å². The Morgan fingerprint density at radius 1 is 1.36 bits per heavy atom. The van der Waals surface area contributed by atoms with Crippen LogP contribution in [0.5, 0.6) is 0 Å². The summed E-state index contributed by atoms with van der Waals surface area (Å²) >= 11 is 0. The number of fused-ring (bicyclic) bond motifs is 1. The molecule has 0 saturated heterocycles. The Kier molecular flexibility index (Phi) is 2.25. The molecule has 2 nitrogen and oxygen atoms in total. The smallest absolute Gasteiger partial charge is 0.0972 e. The predicted molar refractivity (Wildman–Crippen MR) is 59.8 cm³/mol. The predicted octanol–water partition coefficient (Wildman–Crippen LogP) is 2.25. The normalized spacial score (nSPS) is 13.9. The summed E-state index contributed by atoms with van der Waals surface area (Å²) in [5, 5.41) is 0. The fourth-order valence-electron chi connectivity index (χ4n) is 1.67. The minimum absolute atomic E-state index is 0.647. The average molecular weight is 205 g/mol. The van der Waals surface area contributed by atoms with E-state index in [0.29, 0.717) is 11.3 Å². The number of aryl methyl sites for hydroxylation is 1. The van der Waals surface area contributed by atoms with Crippen molar-refractivity contribution in [1.82, 2.24) is 0 Å². The van der Waals surface area contributed by atoms with Gasteiger partial charge < -0.3 is 0 Å². The van der Waals surface area contributed by atoms with Crippen LogP contribution in [0.25, 0.3) is 6.08 Å². The fourth-order valence-corrected chi connectivity index (χ4v) is 2.13. The summed E-state index contributed by atoms with van der Waals surface area (Å²) < 4.78 is 18.2. The van der Waals surface area contributed by atoms with E-state index in [0.717, 1.165) is 0 Å². The lowest BCUT2D eigenvalue weighted by Gasteiger charge is -2.13. The SMILES string of the molecule is Cc1cccc2c1CC(=S(=N)=O)C=C2. The van der Waals surface area contributed by atoms with Gasteiger partial charge in [-0.25, -0.2) is 8.99 Å². The van der Waals surface area contributed by atoms with Gasteiger partial charge in [0.1, 0.15) is 0 Å². The van der Waals surface area contributed by atoms with Gasteiger partial charge in [-0.05, 0) is 29.7 Å². The van der Waals surface area contributed by atoms with Crippen molar-refractivity contribution in [3.05, 3.63) is 41.0 Å². The zero-order valence-electron chi connectivity index (χ0n) is 7.91. The van der Waals surface area contributed by atoms with E-state index < -0.39 is 10.2 Å². The Hall–Kier alpha value is -1.35. The molecule has 1 aliphatic carbocycles. The fraction of sp³-hybridized carbons (Fsp3) is 0.182. The van der Waals surface area contributed by atoms with Crippen molar-refractivity contribution in [1.29, 1.82) is 4.78 Å². The van der Waals surface area contributed by atoms with Gasteiger partial charge in [0.25, 0.3) is 0 Å². The molecule has 0 atom stereocenters. The molecular formula is C11H11NOS. The number of allylic oxidation sites excluding steroid dienone is 1. The molecule has 1 aromatic carbocycles. The minimum atomic E-state index is -1.59. The van der Waals surface area contributed by atoms with Gasteiger partial charge in [-0.1, -0.05) is 24.3 Å². The maximum absolute atomic E-state index is 11.0. The second-order valence-corrected chi connectivity index (χ2v) is 4.45. The van der Waals surface area contributed by atoms with Crippen molar-refractivity contribution in [3.8, 4) is 0 Å². The van der Waals surface area contributed by atoms with E-state index >= 15 is 0 Å². The van der Waals surface area contributed by atoms with E-state index in [1.807, 2.05) is 31.2 Å². The second kappa shape index (κ2) is 3.42. The van der Waals surface area contributed by atoms with Gasteiger partial charge in [0.05, 0.1) is 15.0 Å². The maximum Gasteiger partial charge on any atom is 0.0972 e. The van der Waals surface area contributed by atoms with Gasteiger partial charge in [0.2, 0.25) is 0 Å². The third kappa shape index (κ3) is 1.51. The van der Waals surface area contributed by atoms with Crippen molar-refractivity contribution in [2.75, 3.05) is 0 Å². The van der Waals surface area contributed by atoms with Gasteiger partial charge in [0, 0.05) is 6.42 Å². The van der Waals surface area contributed by atoms with Gasteiger partial charge in [0.15, 0.2) is 0 Å². The van der Waals surface area contributed by atoms with Gasteiger partial charge in [-0.15, -0.1) is 0 Å². The van der Waals surface area contributed by atoms with Crippen LogP contribution in [0.3, 0.4) is 0 Å². The average Bonchev–Trinajstić information content (AvgIpc) is 2.18. The molecule has 0 spiro atoms. The van der Waals surface area contributed by atoms with Crippen LogP contribution in [0.2, 0.25) is 0 Å². The van der Waals surface area contributed by atoms with E-state index in [-0.39, 0.29) is 0 Å². The minimum Gasteiger partial charge on any atom is -0.222 e. The number of rotatable bonds is 0. The van der Waals surface area contributed by atoms with E-state index in [4.69, 9.17) is 4.78 Å². The molecule has 2 rings (SSSR count). The molecule has 72 valence electrons. The first-order chi connectivity index (χ1) is 6.68. The third-order valence-electron chi connectivity index (χ3n) is 2.48. The molecule has 14 heavy (non-hydrogen) atoms. The van der Waals surface area contributed by atoms with Crippen LogP contribution in [0.1, 0.15) is 16.7 Å². The summed E-state index contributed by atoms with van der Waals surface area (Å²) in [6.45, 7) is 2.04. The van der Waals surface area contributed by atoms with E-state index in [2.05, 4.69) is 0 Å². The molecular weight excluding hydrogens is 194 g/mol. The highest BCUT2D eigenvalue weighted by Crippen LogP contribution is 2.20. The van der Waals surface area contributed by atoms with Crippen LogP contribution in [-0.2, 0) is 16.6 Å². The quantitative estimate of drug-likeness (QED) is 0.648. The van der Waals surface area contributed by atoms with Crippen LogP contribution in [0.15, 0.2) is 24.3 Å². The van der Waals surface area contributed by atoms with Crippen molar-refractivity contribution in [2.24, 2.45) is 0 Å². The third-order valence-corrected chi connectivity index (χ3v) is 3.24. The topological polar surface area (TPSA) is 40.9 Å². The highest BCUT2D eigenvalue weighted by atomic mass is 32.2. The first-order valence-electron chi connectivity index (χ1n) is 4.44. The molecule has 0 bridgehead atoms. The first-order valence-corrected chi connectivity index (χ1v) is 5.59. The Balaban J connectivity index is 2.64. The first kappa shape index (κ1) is 9.21. The number of benzene rings is 1. The van der Waals surface area contributed by atoms with Crippen LogP contribution in [0.4, 0.5) is 0 Å². The highest BCUT2D eigenvalue weighted by molar-refractivity contribution is 7.74. The molecule has 0 aliphatic heterocycles. The zero-order chi connectivity index (χ0) is 10.1. The molecule has 0 heterocycles. The van der Waals surface area contributed by atoms with E-state index in [9.17, 15) is 4.21 Å². The summed E-state index contributed by atoms with van der Waals surface area (Å²) in [7, 11) is -1.59. The summed E-state index contributed by atoms with van der Waals surface area (Å²) in [6.07, 6.45) is 4.38. The Morgan fingerprint density at radius 2 is 2.14 bits per heavy atom. The number of hydrogen-bond donors (Lipinski definition) is 1. The lowest BCUT2D eigenvalue weighted by Crippen LogP contribution is -2.08. The van der Waals surface area contributed by atoms with E-state index in [1.54, 1.807) is 6.08 Å². The van der Waals surface area contributed by atoms with Crippen LogP contribution < -0.4 is 0 Å². The molecule has 0 saturated carbocycles. The number of nitrogens with one attached hydrogen (secondary N) is 1.